The zero-order chi connectivity index (χ0) is 23.8. The second-order valence-corrected chi connectivity index (χ2v) is 9.86. The molecule has 2 aromatic carbocycles. The fourth-order valence-electron chi connectivity index (χ4n) is 4.41. The molecule has 0 spiro atoms. The number of fused-ring (bicyclic) bond motifs is 1. The van der Waals surface area contributed by atoms with Crippen LogP contribution in [0.5, 0.6) is 5.75 Å². The van der Waals surface area contributed by atoms with Crippen LogP contribution in [0.15, 0.2) is 82.0 Å². The monoisotopic (exact) mass is 536 g/mol. The Kier molecular flexibility index (Phi) is 6.02. The van der Waals surface area contributed by atoms with E-state index in [-0.39, 0.29) is 11.4 Å². The number of halogens is 1. The minimum absolute atomic E-state index is 0.117. The molecule has 6 nitrogen and oxygen atoms in total. The largest absolute Gasteiger partial charge is 0.503 e. The molecule has 0 saturated heterocycles. The van der Waals surface area contributed by atoms with E-state index in [1.54, 1.807) is 29.5 Å². The molecule has 1 atom stereocenters. The van der Waals surface area contributed by atoms with Crippen LogP contribution in [0.1, 0.15) is 26.8 Å². The SMILES string of the molecule is COc1ccc2[nH]cc(CCN3C(=O)C(O)=C(C(=O)c4cccs4)C3c3cccc(Br)c3)c2c1. The number of nitrogens with one attached hydrogen (secondary N) is 1. The third-order valence-corrected chi connectivity index (χ3v) is 7.42. The van der Waals surface area contributed by atoms with E-state index in [2.05, 4.69) is 20.9 Å². The van der Waals surface area contributed by atoms with Gasteiger partial charge in [0.25, 0.3) is 5.91 Å². The lowest BCUT2D eigenvalue weighted by Crippen LogP contribution is -2.33. The van der Waals surface area contributed by atoms with E-state index in [4.69, 9.17) is 4.74 Å². The fourth-order valence-corrected chi connectivity index (χ4v) is 5.51. The number of carbonyl (C=O) groups excluding carboxylic acids is 2. The Morgan fingerprint density at radius 2 is 2.06 bits per heavy atom. The number of methoxy groups -OCH3 is 1. The maximum absolute atomic E-state index is 13.3. The minimum Gasteiger partial charge on any atom is -0.503 e. The number of nitrogens with zero attached hydrogens (tertiary/aromatic N) is 1. The molecule has 1 aliphatic heterocycles. The van der Waals surface area contributed by atoms with Crippen LogP contribution in [-0.4, -0.2) is 40.3 Å². The molecule has 0 bridgehead atoms. The molecular weight excluding hydrogens is 516 g/mol. The van der Waals surface area contributed by atoms with Gasteiger partial charge in [-0.25, -0.2) is 0 Å². The van der Waals surface area contributed by atoms with Gasteiger partial charge < -0.3 is 19.7 Å². The van der Waals surface area contributed by atoms with Crippen molar-refractivity contribution in [1.82, 2.24) is 9.88 Å². The average molecular weight is 537 g/mol. The number of benzene rings is 2. The Labute approximate surface area is 208 Å². The quantitative estimate of drug-likeness (QED) is 0.291. The predicted octanol–water partition coefficient (Wildman–Crippen LogP) is 5.82. The van der Waals surface area contributed by atoms with Gasteiger partial charge in [-0.15, -0.1) is 11.3 Å². The molecule has 3 heterocycles. The number of Topliss-reactive ketones (excluding diaryl/α,β-unsaturated/α-hetero) is 1. The molecule has 2 aromatic heterocycles. The molecule has 5 rings (SSSR count). The maximum Gasteiger partial charge on any atom is 0.290 e. The summed E-state index contributed by atoms with van der Waals surface area (Å²) >= 11 is 4.77. The van der Waals surface area contributed by atoms with Crippen molar-refractivity contribution in [3.63, 3.8) is 0 Å². The first-order chi connectivity index (χ1) is 16.5. The Morgan fingerprint density at radius 3 is 2.79 bits per heavy atom. The summed E-state index contributed by atoms with van der Waals surface area (Å²) in [6.45, 7) is 0.325. The van der Waals surface area contributed by atoms with Gasteiger partial charge in [-0.2, -0.15) is 0 Å². The highest BCUT2D eigenvalue weighted by molar-refractivity contribution is 9.10. The topological polar surface area (TPSA) is 82.6 Å². The van der Waals surface area contributed by atoms with Crippen molar-refractivity contribution in [3.8, 4) is 5.75 Å². The first-order valence-electron chi connectivity index (χ1n) is 10.7. The molecule has 172 valence electrons. The lowest BCUT2D eigenvalue weighted by molar-refractivity contribution is -0.129. The third kappa shape index (κ3) is 3.93. The van der Waals surface area contributed by atoms with Gasteiger partial charge >= 0.3 is 0 Å². The number of ketones is 1. The molecule has 1 amide bonds. The van der Waals surface area contributed by atoms with Gasteiger partial charge in [0, 0.05) is 28.1 Å². The molecule has 1 aliphatic rings. The molecule has 4 aromatic rings. The number of ether oxygens (including phenoxy) is 1. The number of H-pyrrole nitrogens is 1. The Morgan fingerprint density at radius 1 is 1.21 bits per heavy atom. The van der Waals surface area contributed by atoms with Crippen LogP contribution in [-0.2, 0) is 11.2 Å². The van der Waals surface area contributed by atoms with Gasteiger partial charge in [0.05, 0.1) is 23.6 Å². The van der Waals surface area contributed by atoms with Gasteiger partial charge in [-0.3, -0.25) is 9.59 Å². The first kappa shape index (κ1) is 22.4. The highest BCUT2D eigenvalue weighted by Gasteiger charge is 2.43. The van der Waals surface area contributed by atoms with Crippen molar-refractivity contribution >= 4 is 49.9 Å². The predicted molar refractivity (Wildman–Crippen MR) is 135 cm³/mol. The number of aromatic nitrogens is 1. The summed E-state index contributed by atoms with van der Waals surface area (Å²) in [7, 11) is 1.62. The zero-order valence-electron chi connectivity index (χ0n) is 18.2. The van der Waals surface area contributed by atoms with E-state index in [1.807, 2.05) is 48.7 Å². The number of aromatic amines is 1. The Bertz CT molecular complexity index is 1420. The molecule has 8 heteroatoms. The summed E-state index contributed by atoms with van der Waals surface area (Å²) in [6.07, 6.45) is 2.46. The second-order valence-electron chi connectivity index (χ2n) is 8.00. The maximum atomic E-state index is 13.3. The standard InChI is InChI=1S/C26H21BrN2O4S/c1-33-18-7-8-20-19(13-18)16(14-28-20)9-10-29-23(15-4-2-5-17(27)12-15)22(25(31)26(29)32)24(30)21-6-3-11-34-21/h2-8,11-14,23,28,31H,9-10H2,1H3. The van der Waals surface area contributed by atoms with Crippen molar-refractivity contribution in [2.24, 2.45) is 0 Å². The molecule has 1 unspecified atom stereocenters. The van der Waals surface area contributed by atoms with E-state index >= 15 is 0 Å². The van der Waals surface area contributed by atoms with Gasteiger partial charge in [-0.1, -0.05) is 34.1 Å². The van der Waals surface area contributed by atoms with Crippen molar-refractivity contribution in [2.45, 2.75) is 12.5 Å². The zero-order valence-corrected chi connectivity index (χ0v) is 20.7. The first-order valence-corrected chi connectivity index (χ1v) is 12.4. The van der Waals surface area contributed by atoms with E-state index < -0.39 is 17.7 Å². The van der Waals surface area contributed by atoms with Crippen molar-refractivity contribution in [3.05, 3.63) is 98.0 Å². The molecule has 2 N–H and O–H groups in total. The number of aliphatic hydroxyl groups excluding tert-OH is 1. The molecule has 0 fully saturated rings. The highest BCUT2D eigenvalue weighted by Crippen LogP contribution is 2.40. The second kappa shape index (κ2) is 9.12. The Balaban J connectivity index is 1.51. The van der Waals surface area contributed by atoms with Crippen molar-refractivity contribution in [1.29, 1.82) is 0 Å². The van der Waals surface area contributed by atoms with Gasteiger partial charge in [0.15, 0.2) is 5.76 Å². The third-order valence-electron chi connectivity index (χ3n) is 6.05. The number of rotatable bonds is 7. The van der Waals surface area contributed by atoms with Gasteiger partial charge in [-0.05, 0) is 59.3 Å². The molecule has 0 aliphatic carbocycles. The summed E-state index contributed by atoms with van der Waals surface area (Å²) in [5, 5.41) is 13.6. The number of aliphatic hydroxyl groups is 1. The number of thiophene rings is 1. The van der Waals surface area contributed by atoms with Gasteiger partial charge in [0.2, 0.25) is 5.78 Å². The van der Waals surface area contributed by atoms with Crippen LogP contribution in [0, 0.1) is 0 Å². The summed E-state index contributed by atoms with van der Waals surface area (Å²) < 4.78 is 6.19. The van der Waals surface area contributed by atoms with E-state index in [9.17, 15) is 14.7 Å². The molecule has 0 radical (unpaired) electrons. The van der Waals surface area contributed by atoms with Crippen LogP contribution in [0.2, 0.25) is 0 Å². The molecule has 0 saturated carbocycles. The van der Waals surface area contributed by atoms with Crippen LogP contribution in [0.3, 0.4) is 0 Å². The van der Waals surface area contributed by atoms with Crippen LogP contribution >= 0.6 is 27.3 Å². The normalized spacial score (nSPS) is 16.0. The van der Waals surface area contributed by atoms with Gasteiger partial charge in [0.1, 0.15) is 5.75 Å². The smallest absolute Gasteiger partial charge is 0.290 e. The van der Waals surface area contributed by atoms with Crippen molar-refractivity contribution < 1.29 is 19.4 Å². The average Bonchev–Trinajstić information content (AvgIpc) is 3.57. The number of hydrogen-bond acceptors (Lipinski definition) is 5. The summed E-state index contributed by atoms with van der Waals surface area (Å²) in [6, 6.07) is 16.1. The fraction of sp³-hybridized carbons (Fsp3) is 0.154. The highest BCUT2D eigenvalue weighted by atomic mass is 79.9. The van der Waals surface area contributed by atoms with Crippen molar-refractivity contribution in [2.75, 3.05) is 13.7 Å². The lowest BCUT2D eigenvalue weighted by atomic mass is 9.95. The minimum atomic E-state index is -0.681. The summed E-state index contributed by atoms with van der Waals surface area (Å²) in [5.41, 5.74) is 2.87. The van der Waals surface area contributed by atoms with E-state index in [0.717, 1.165) is 32.3 Å². The van der Waals surface area contributed by atoms with E-state index in [1.165, 1.54) is 11.3 Å². The number of hydrogen-bond donors (Lipinski definition) is 2. The van der Waals surface area contributed by atoms with Crippen LogP contribution in [0.25, 0.3) is 10.9 Å². The lowest BCUT2D eigenvalue weighted by Gasteiger charge is -2.27. The number of amides is 1. The number of carbonyl (C=O) groups is 2. The van der Waals surface area contributed by atoms with Crippen LogP contribution in [0.4, 0.5) is 0 Å². The van der Waals surface area contributed by atoms with Crippen LogP contribution < -0.4 is 4.74 Å². The summed E-state index contributed by atoms with van der Waals surface area (Å²) in [5.74, 6) is -0.600. The van der Waals surface area contributed by atoms with E-state index in [0.29, 0.717) is 17.8 Å². The molecular formula is C26H21BrN2O4S. The molecule has 34 heavy (non-hydrogen) atoms. The summed E-state index contributed by atoms with van der Waals surface area (Å²) in [4.78, 5) is 31.9. The Hall–Kier alpha value is -3.36.